The smallest absolute Gasteiger partial charge is 0.338 e. The minimum atomic E-state index is -1.63. The van der Waals surface area contributed by atoms with Crippen LogP contribution in [0.4, 0.5) is 0 Å². The van der Waals surface area contributed by atoms with E-state index in [1.807, 2.05) is 6.07 Å². The van der Waals surface area contributed by atoms with E-state index >= 15 is 0 Å². The van der Waals surface area contributed by atoms with E-state index in [9.17, 15) is 35.1 Å². The molecule has 2 aromatic carbocycles. The maximum Gasteiger partial charge on any atom is 0.338 e. The summed E-state index contributed by atoms with van der Waals surface area (Å²) in [5.74, 6) is -1.72. The van der Waals surface area contributed by atoms with Gasteiger partial charge in [0.25, 0.3) is 0 Å². The fourth-order valence-corrected chi connectivity index (χ4v) is 4.82. The third-order valence-corrected chi connectivity index (χ3v) is 7.28. The molecule has 0 radical (unpaired) electrons. The molecule has 15 nitrogen and oxygen atoms in total. The first kappa shape index (κ1) is 34.6. The first-order chi connectivity index (χ1) is 21.6. The lowest BCUT2D eigenvalue weighted by Crippen LogP contribution is -2.62. The lowest BCUT2D eigenvalue weighted by molar-refractivity contribution is -0.308. The number of aliphatic hydroxyl groups excluding tert-OH is 4. The highest BCUT2D eigenvalue weighted by molar-refractivity contribution is 5.76. The molecule has 10 atom stereocenters. The summed E-state index contributed by atoms with van der Waals surface area (Å²) < 4.78 is 43.2. The summed E-state index contributed by atoms with van der Waals surface area (Å²) in [5.41, 5.74) is 1.29. The van der Waals surface area contributed by atoms with E-state index in [4.69, 9.17) is 37.9 Å². The molecule has 2 fully saturated rings. The van der Waals surface area contributed by atoms with Gasteiger partial charge in [-0.3, -0.25) is 0 Å². The van der Waals surface area contributed by atoms with Crippen molar-refractivity contribution in [3.05, 3.63) is 65.7 Å². The Morgan fingerprint density at radius 2 is 1.16 bits per heavy atom. The van der Waals surface area contributed by atoms with Gasteiger partial charge in [-0.05, 0) is 23.3 Å². The van der Waals surface area contributed by atoms with Gasteiger partial charge < -0.3 is 63.4 Å². The fourth-order valence-electron chi connectivity index (χ4n) is 4.82. The second-order valence-electron chi connectivity index (χ2n) is 10.3. The average Bonchev–Trinajstić information content (AvgIpc) is 3.05. The minimum absolute atomic E-state index is 0.0422. The number of benzene rings is 2. The standard InChI is InChI=1S/C30H38O15/c1-38-23-19(32)22(35)30(45-25(23)27(36)43-15-17-8-10-18(31)11-9-17)41-13-12-40-24-20(33)21(34)29(39-2)44-26(24)28(37)42-14-16-6-4-3-5-7-16/h3-11,19-26,29-35H,12-15H2,1-2H3/t19-,20-,21+,22+,23+,24+,25?,26?,29-,30-/m1/s1. The van der Waals surface area contributed by atoms with Crippen LogP contribution in [0.1, 0.15) is 11.1 Å². The number of phenols is 1. The van der Waals surface area contributed by atoms with E-state index in [-0.39, 0.29) is 32.2 Å². The maximum atomic E-state index is 12.9. The van der Waals surface area contributed by atoms with Crippen molar-refractivity contribution in [2.75, 3.05) is 27.4 Å². The van der Waals surface area contributed by atoms with Gasteiger partial charge in [-0.25, -0.2) is 9.59 Å². The Balaban J connectivity index is 1.34. The van der Waals surface area contributed by atoms with Gasteiger partial charge in [0.15, 0.2) is 24.8 Å². The summed E-state index contributed by atoms with van der Waals surface area (Å²) in [5, 5.41) is 51.7. The molecule has 0 amide bonds. The number of aromatic hydroxyl groups is 1. The zero-order valence-electron chi connectivity index (χ0n) is 24.6. The van der Waals surface area contributed by atoms with Crippen molar-refractivity contribution in [1.82, 2.24) is 0 Å². The lowest BCUT2D eigenvalue weighted by atomic mass is 9.98. The highest BCUT2D eigenvalue weighted by Gasteiger charge is 2.51. The molecule has 0 saturated carbocycles. The zero-order valence-corrected chi connectivity index (χ0v) is 24.6. The summed E-state index contributed by atoms with van der Waals surface area (Å²) in [7, 11) is 2.46. The Morgan fingerprint density at radius 1 is 0.644 bits per heavy atom. The number of hydrogen-bond acceptors (Lipinski definition) is 15. The van der Waals surface area contributed by atoms with E-state index in [2.05, 4.69) is 0 Å². The zero-order chi connectivity index (χ0) is 32.5. The van der Waals surface area contributed by atoms with Gasteiger partial charge >= 0.3 is 11.9 Å². The van der Waals surface area contributed by atoms with Crippen LogP contribution in [0, 0.1) is 0 Å². The number of rotatable bonds is 13. The molecule has 2 saturated heterocycles. The first-order valence-electron chi connectivity index (χ1n) is 14.1. The van der Waals surface area contributed by atoms with Gasteiger partial charge in [-0.15, -0.1) is 0 Å². The average molecular weight is 639 g/mol. The molecule has 15 heteroatoms. The van der Waals surface area contributed by atoms with Crippen LogP contribution in [0.2, 0.25) is 0 Å². The number of phenolic OH excluding ortho intramolecular Hbond substituents is 1. The van der Waals surface area contributed by atoms with E-state index in [1.54, 1.807) is 36.4 Å². The second-order valence-corrected chi connectivity index (χ2v) is 10.3. The highest BCUT2D eigenvalue weighted by atomic mass is 16.7. The van der Waals surface area contributed by atoms with Gasteiger partial charge in [0.1, 0.15) is 55.6 Å². The molecular formula is C30H38O15. The second kappa shape index (κ2) is 16.4. The molecule has 2 aromatic rings. The monoisotopic (exact) mass is 638 g/mol. The predicted molar refractivity (Wildman–Crippen MR) is 149 cm³/mol. The van der Waals surface area contributed by atoms with Crippen LogP contribution >= 0.6 is 0 Å². The number of carbonyl (C=O) groups excluding carboxylic acids is 2. The lowest BCUT2D eigenvalue weighted by Gasteiger charge is -2.41. The Hall–Kier alpha value is -3.22. The summed E-state index contributed by atoms with van der Waals surface area (Å²) in [6.45, 7) is -0.875. The number of carbonyl (C=O) groups is 2. The van der Waals surface area contributed by atoms with Crippen LogP contribution in [-0.2, 0) is 60.7 Å². The van der Waals surface area contributed by atoms with E-state index < -0.39 is 73.4 Å². The first-order valence-corrected chi connectivity index (χ1v) is 14.1. The van der Waals surface area contributed by atoms with Crippen LogP contribution in [-0.4, -0.2) is 126 Å². The van der Waals surface area contributed by atoms with E-state index in [0.29, 0.717) is 11.1 Å². The van der Waals surface area contributed by atoms with Gasteiger partial charge in [0, 0.05) is 14.2 Å². The van der Waals surface area contributed by atoms with Crippen LogP contribution in [0.5, 0.6) is 5.75 Å². The molecule has 45 heavy (non-hydrogen) atoms. The van der Waals surface area contributed by atoms with Crippen molar-refractivity contribution >= 4 is 11.9 Å². The Labute approximate surface area is 258 Å². The minimum Gasteiger partial charge on any atom is -0.508 e. The van der Waals surface area contributed by atoms with Crippen molar-refractivity contribution in [3.8, 4) is 5.75 Å². The molecular weight excluding hydrogens is 600 g/mol. The molecule has 0 bridgehead atoms. The Bertz CT molecular complexity index is 1210. The number of ether oxygens (including phenoxy) is 8. The van der Waals surface area contributed by atoms with Crippen molar-refractivity contribution < 1.29 is 73.0 Å². The third-order valence-electron chi connectivity index (χ3n) is 7.28. The number of methoxy groups -OCH3 is 2. The fraction of sp³-hybridized carbons (Fsp3) is 0.533. The Morgan fingerprint density at radius 3 is 1.76 bits per heavy atom. The molecule has 0 aliphatic carbocycles. The number of hydrogen-bond donors (Lipinski definition) is 5. The summed E-state index contributed by atoms with van der Waals surface area (Å²) >= 11 is 0. The number of esters is 2. The molecule has 0 aromatic heterocycles. The van der Waals surface area contributed by atoms with Crippen molar-refractivity contribution in [1.29, 1.82) is 0 Å². The van der Waals surface area contributed by atoms with Crippen molar-refractivity contribution in [2.45, 2.75) is 74.6 Å². The molecule has 2 aliphatic heterocycles. The molecule has 5 N–H and O–H groups in total. The van der Waals surface area contributed by atoms with Gasteiger partial charge in [-0.1, -0.05) is 42.5 Å². The van der Waals surface area contributed by atoms with Crippen LogP contribution in [0.25, 0.3) is 0 Å². The predicted octanol–water partition coefficient (Wildman–Crippen LogP) is -0.865. The molecule has 0 spiro atoms. The summed E-state index contributed by atoms with van der Waals surface area (Å²) in [4.78, 5) is 25.8. The van der Waals surface area contributed by atoms with Crippen LogP contribution < -0.4 is 0 Å². The molecule has 2 heterocycles. The maximum absolute atomic E-state index is 12.9. The van der Waals surface area contributed by atoms with Crippen LogP contribution in [0.15, 0.2) is 54.6 Å². The number of aliphatic hydroxyl groups is 4. The van der Waals surface area contributed by atoms with E-state index in [1.165, 1.54) is 26.4 Å². The topological polar surface area (TPSA) is 209 Å². The SMILES string of the molecule is CO[C@@H]1OC(C(=O)OCc2ccccc2)[C@@H](OCCO[C@@H]2OC(C(=O)OCc3ccc(O)cc3)[C@@H](OC)[C@H](O)[C@@H]2O)[C@H](O)[C@@H]1O. The van der Waals surface area contributed by atoms with Gasteiger partial charge in [-0.2, -0.15) is 0 Å². The van der Waals surface area contributed by atoms with Gasteiger partial charge in [0.05, 0.1) is 13.2 Å². The Kier molecular flexibility index (Phi) is 12.6. The molecule has 2 unspecified atom stereocenters. The van der Waals surface area contributed by atoms with Crippen molar-refractivity contribution in [3.63, 3.8) is 0 Å². The summed E-state index contributed by atoms with van der Waals surface area (Å²) in [6.07, 6.45) is -14.9. The van der Waals surface area contributed by atoms with E-state index in [0.717, 1.165) is 0 Å². The van der Waals surface area contributed by atoms with Gasteiger partial charge in [0.2, 0.25) is 0 Å². The van der Waals surface area contributed by atoms with Crippen LogP contribution in [0.3, 0.4) is 0 Å². The third kappa shape index (κ3) is 8.74. The van der Waals surface area contributed by atoms with Crippen molar-refractivity contribution in [2.24, 2.45) is 0 Å². The largest absolute Gasteiger partial charge is 0.508 e. The highest BCUT2D eigenvalue weighted by Crippen LogP contribution is 2.27. The molecule has 248 valence electrons. The normalized spacial score (nSPS) is 31.7. The molecule has 4 rings (SSSR count). The molecule has 2 aliphatic rings. The quantitative estimate of drug-likeness (QED) is 0.134. The summed E-state index contributed by atoms with van der Waals surface area (Å²) in [6, 6.07) is 14.8.